The average molecular weight is 361 g/mol. The summed E-state index contributed by atoms with van der Waals surface area (Å²) >= 11 is 3.41. The molecule has 0 saturated heterocycles. The van der Waals surface area contributed by atoms with Crippen LogP contribution in [-0.2, 0) is 16.0 Å². The van der Waals surface area contributed by atoms with E-state index in [-0.39, 0.29) is 12.3 Å². The van der Waals surface area contributed by atoms with Crippen LogP contribution in [-0.4, -0.2) is 23.3 Å². The van der Waals surface area contributed by atoms with E-state index in [1.165, 1.54) is 0 Å². The molecule has 0 bridgehead atoms. The van der Waals surface area contributed by atoms with Gasteiger partial charge in [0.15, 0.2) is 0 Å². The number of aromatic amines is 1. The van der Waals surface area contributed by atoms with Crippen molar-refractivity contribution >= 4 is 33.2 Å². The van der Waals surface area contributed by atoms with Crippen LogP contribution in [0.15, 0.2) is 53.1 Å². The number of ether oxygens (including phenoxy) is 1. The van der Waals surface area contributed by atoms with Gasteiger partial charge in [-0.25, -0.2) is 4.79 Å². The van der Waals surface area contributed by atoms with Gasteiger partial charge in [-0.15, -0.1) is 0 Å². The van der Waals surface area contributed by atoms with Gasteiger partial charge in [0.25, 0.3) is 0 Å². The van der Waals surface area contributed by atoms with Crippen LogP contribution in [0.25, 0.3) is 5.57 Å². The van der Waals surface area contributed by atoms with Gasteiger partial charge in [-0.3, -0.25) is 5.41 Å². The summed E-state index contributed by atoms with van der Waals surface area (Å²) in [5.74, 6) is -0.609. The minimum absolute atomic E-state index is 0.149. The Kier molecular flexibility index (Phi) is 5.72. The SMILES string of the molecule is CCOC(=O)C(=N)/C=C(/Cc1ccc(Br)cc1)c1ccc[nH]1. The van der Waals surface area contributed by atoms with Crippen LogP contribution in [0, 0.1) is 5.41 Å². The van der Waals surface area contributed by atoms with Crippen molar-refractivity contribution in [2.75, 3.05) is 6.61 Å². The number of aromatic nitrogens is 1. The zero-order chi connectivity index (χ0) is 15.9. The molecule has 2 aromatic rings. The van der Waals surface area contributed by atoms with Gasteiger partial charge in [-0.2, -0.15) is 0 Å². The second-order valence-corrected chi connectivity index (χ2v) is 5.61. The third-order valence-corrected chi connectivity index (χ3v) is 3.59. The zero-order valence-electron chi connectivity index (χ0n) is 12.2. The maximum Gasteiger partial charge on any atom is 0.356 e. The van der Waals surface area contributed by atoms with Crippen molar-refractivity contribution in [3.63, 3.8) is 0 Å². The molecule has 0 radical (unpaired) electrons. The minimum Gasteiger partial charge on any atom is -0.461 e. The fraction of sp³-hybridized carbons (Fsp3) is 0.176. The molecular weight excluding hydrogens is 344 g/mol. The summed E-state index contributed by atoms with van der Waals surface area (Å²) in [6, 6.07) is 11.8. The first-order valence-corrected chi connectivity index (χ1v) is 7.74. The van der Waals surface area contributed by atoms with Gasteiger partial charge >= 0.3 is 5.97 Å². The Hall–Kier alpha value is -2.14. The molecule has 0 aliphatic rings. The first kappa shape index (κ1) is 16.2. The molecule has 0 aliphatic carbocycles. The van der Waals surface area contributed by atoms with Gasteiger partial charge in [0.05, 0.1) is 6.61 Å². The van der Waals surface area contributed by atoms with Crippen molar-refractivity contribution in [1.29, 1.82) is 5.41 Å². The predicted molar refractivity (Wildman–Crippen MR) is 91.0 cm³/mol. The number of carbonyl (C=O) groups excluding carboxylic acids is 1. The van der Waals surface area contributed by atoms with Crippen molar-refractivity contribution in [2.45, 2.75) is 13.3 Å². The summed E-state index contributed by atoms with van der Waals surface area (Å²) in [6.07, 6.45) is 4.00. The maximum atomic E-state index is 11.6. The highest BCUT2D eigenvalue weighted by Gasteiger charge is 2.11. The van der Waals surface area contributed by atoms with Crippen LogP contribution in [0.2, 0.25) is 0 Å². The van der Waals surface area contributed by atoms with E-state index in [1.54, 1.807) is 13.0 Å². The molecule has 2 rings (SSSR count). The summed E-state index contributed by atoms with van der Waals surface area (Å²) < 4.78 is 5.88. The number of nitrogens with one attached hydrogen (secondary N) is 2. The molecule has 114 valence electrons. The van der Waals surface area contributed by atoms with Gasteiger partial charge in [-0.1, -0.05) is 28.1 Å². The van der Waals surface area contributed by atoms with E-state index in [0.29, 0.717) is 6.42 Å². The summed E-state index contributed by atoms with van der Waals surface area (Å²) in [4.78, 5) is 14.8. The number of benzene rings is 1. The number of halogens is 1. The summed E-state index contributed by atoms with van der Waals surface area (Å²) in [7, 11) is 0. The summed E-state index contributed by atoms with van der Waals surface area (Å²) in [6.45, 7) is 1.99. The predicted octanol–water partition coefficient (Wildman–Crippen LogP) is 3.99. The Morgan fingerprint density at radius 3 is 2.64 bits per heavy atom. The van der Waals surface area contributed by atoms with Crippen molar-refractivity contribution in [1.82, 2.24) is 4.98 Å². The van der Waals surface area contributed by atoms with Crippen molar-refractivity contribution < 1.29 is 9.53 Å². The molecule has 1 aromatic carbocycles. The van der Waals surface area contributed by atoms with Crippen LogP contribution >= 0.6 is 15.9 Å². The third kappa shape index (κ3) is 4.43. The van der Waals surface area contributed by atoms with E-state index in [1.807, 2.05) is 42.6 Å². The Morgan fingerprint density at radius 1 is 1.32 bits per heavy atom. The molecule has 0 spiro atoms. The van der Waals surface area contributed by atoms with Gasteiger partial charge in [-0.05, 0) is 54.8 Å². The average Bonchev–Trinajstić information content (AvgIpc) is 3.03. The molecule has 0 amide bonds. The first-order chi connectivity index (χ1) is 10.6. The minimum atomic E-state index is -0.609. The van der Waals surface area contributed by atoms with E-state index in [0.717, 1.165) is 21.3 Å². The van der Waals surface area contributed by atoms with Crippen LogP contribution in [0.3, 0.4) is 0 Å². The molecule has 0 fully saturated rings. The molecule has 2 N–H and O–H groups in total. The zero-order valence-corrected chi connectivity index (χ0v) is 13.8. The van der Waals surface area contributed by atoms with Crippen LogP contribution in [0.1, 0.15) is 18.2 Å². The second kappa shape index (κ2) is 7.75. The van der Waals surface area contributed by atoms with Crippen molar-refractivity contribution in [3.05, 3.63) is 64.4 Å². The highest BCUT2D eigenvalue weighted by molar-refractivity contribution is 9.10. The number of esters is 1. The van der Waals surface area contributed by atoms with E-state index < -0.39 is 5.97 Å². The van der Waals surface area contributed by atoms with Crippen molar-refractivity contribution in [2.24, 2.45) is 0 Å². The molecule has 1 heterocycles. The molecule has 0 unspecified atom stereocenters. The molecular formula is C17H17BrN2O2. The quantitative estimate of drug-likeness (QED) is 0.604. The van der Waals surface area contributed by atoms with Crippen molar-refractivity contribution in [3.8, 4) is 0 Å². The Bertz CT molecular complexity index is 673. The lowest BCUT2D eigenvalue weighted by Gasteiger charge is -2.07. The smallest absolute Gasteiger partial charge is 0.356 e. The maximum absolute atomic E-state index is 11.6. The lowest BCUT2D eigenvalue weighted by Crippen LogP contribution is -2.14. The number of rotatable bonds is 6. The molecule has 5 heteroatoms. The van der Waals surface area contributed by atoms with E-state index in [9.17, 15) is 4.79 Å². The number of allylic oxidation sites excluding steroid dienone is 1. The van der Waals surface area contributed by atoms with Crippen LogP contribution in [0.4, 0.5) is 0 Å². The summed E-state index contributed by atoms with van der Waals surface area (Å²) in [5.41, 5.74) is 2.70. The van der Waals surface area contributed by atoms with Gasteiger partial charge in [0.2, 0.25) is 0 Å². The topological polar surface area (TPSA) is 65.9 Å². The van der Waals surface area contributed by atoms with Gasteiger partial charge in [0.1, 0.15) is 5.71 Å². The monoisotopic (exact) mass is 360 g/mol. The van der Waals surface area contributed by atoms with Crippen LogP contribution < -0.4 is 0 Å². The fourth-order valence-electron chi connectivity index (χ4n) is 2.02. The first-order valence-electron chi connectivity index (χ1n) is 6.94. The third-order valence-electron chi connectivity index (χ3n) is 3.07. The highest BCUT2D eigenvalue weighted by atomic mass is 79.9. The van der Waals surface area contributed by atoms with E-state index >= 15 is 0 Å². The van der Waals surface area contributed by atoms with Gasteiger partial charge < -0.3 is 9.72 Å². The number of carbonyl (C=O) groups is 1. The molecule has 0 saturated carbocycles. The molecule has 4 nitrogen and oxygen atoms in total. The molecule has 22 heavy (non-hydrogen) atoms. The number of H-pyrrole nitrogens is 1. The normalized spacial score (nSPS) is 11.3. The lowest BCUT2D eigenvalue weighted by atomic mass is 10.0. The molecule has 0 atom stereocenters. The second-order valence-electron chi connectivity index (χ2n) is 4.69. The number of hydrogen-bond acceptors (Lipinski definition) is 3. The fourth-order valence-corrected chi connectivity index (χ4v) is 2.28. The largest absolute Gasteiger partial charge is 0.461 e. The summed E-state index contributed by atoms with van der Waals surface area (Å²) in [5, 5.41) is 7.86. The highest BCUT2D eigenvalue weighted by Crippen LogP contribution is 2.20. The Balaban J connectivity index is 2.25. The Labute approximate surface area is 137 Å². The van der Waals surface area contributed by atoms with E-state index in [2.05, 4.69) is 20.9 Å². The lowest BCUT2D eigenvalue weighted by molar-refractivity contribution is -0.135. The Morgan fingerprint density at radius 2 is 2.05 bits per heavy atom. The standard InChI is InChI=1S/C17H17BrN2O2/c1-2-22-17(21)15(19)11-13(16-4-3-9-20-16)10-12-5-7-14(18)8-6-12/h3-9,11,19-20H,2,10H2,1H3/b13-11-,19-15?. The number of hydrogen-bond donors (Lipinski definition) is 2. The van der Waals surface area contributed by atoms with E-state index in [4.69, 9.17) is 10.1 Å². The molecule has 1 aromatic heterocycles. The molecule has 0 aliphatic heterocycles. The van der Waals surface area contributed by atoms with Crippen LogP contribution in [0.5, 0.6) is 0 Å². The van der Waals surface area contributed by atoms with Gasteiger partial charge in [0, 0.05) is 16.4 Å².